The summed E-state index contributed by atoms with van der Waals surface area (Å²) in [6.07, 6.45) is 7.21. The molecule has 26 heavy (non-hydrogen) atoms. The molecule has 0 radical (unpaired) electrons. The first kappa shape index (κ1) is 19.2. The Morgan fingerprint density at radius 1 is 0.808 bits per heavy atom. The number of hydrogen-bond acceptors (Lipinski definition) is 4. The van der Waals surface area contributed by atoms with E-state index in [0.29, 0.717) is 36.2 Å². The van der Waals surface area contributed by atoms with Crippen molar-refractivity contribution in [2.75, 3.05) is 13.2 Å². The van der Waals surface area contributed by atoms with Gasteiger partial charge in [-0.2, -0.15) is 0 Å². The molecule has 3 rings (SSSR count). The Labute approximate surface area is 157 Å². The molecule has 0 N–H and O–H groups in total. The van der Waals surface area contributed by atoms with Gasteiger partial charge < -0.3 is 9.47 Å². The van der Waals surface area contributed by atoms with Gasteiger partial charge in [-0.3, -0.25) is 0 Å². The summed E-state index contributed by atoms with van der Waals surface area (Å²) in [7, 11) is 0. The van der Waals surface area contributed by atoms with Crippen LogP contribution in [0, 0.1) is 35.5 Å². The van der Waals surface area contributed by atoms with E-state index in [2.05, 4.69) is 13.2 Å². The molecule has 0 amide bonds. The summed E-state index contributed by atoms with van der Waals surface area (Å²) in [5.74, 6) is 4.22. The molecule has 0 saturated heterocycles. The summed E-state index contributed by atoms with van der Waals surface area (Å²) >= 11 is 0. The third kappa shape index (κ3) is 4.05. The van der Waals surface area contributed by atoms with Crippen molar-refractivity contribution in [2.45, 2.75) is 52.4 Å². The van der Waals surface area contributed by atoms with E-state index in [1.165, 1.54) is 25.7 Å². The fourth-order valence-electron chi connectivity index (χ4n) is 5.76. The molecule has 4 heteroatoms. The van der Waals surface area contributed by atoms with E-state index in [1.807, 2.05) is 0 Å². The van der Waals surface area contributed by atoms with Crippen molar-refractivity contribution >= 4 is 11.9 Å². The predicted molar refractivity (Wildman–Crippen MR) is 100 cm³/mol. The Kier molecular flexibility index (Phi) is 5.89. The minimum absolute atomic E-state index is 0.267. The van der Waals surface area contributed by atoms with E-state index in [4.69, 9.17) is 9.47 Å². The van der Waals surface area contributed by atoms with Crippen LogP contribution in [-0.2, 0) is 19.1 Å². The highest BCUT2D eigenvalue weighted by Crippen LogP contribution is 2.63. The molecular weight excluding hydrogens is 328 g/mol. The van der Waals surface area contributed by atoms with Gasteiger partial charge in [-0.05, 0) is 87.9 Å². The second-order valence-corrected chi connectivity index (χ2v) is 8.73. The molecule has 0 heterocycles. The average molecular weight is 360 g/mol. The zero-order valence-corrected chi connectivity index (χ0v) is 16.2. The number of esters is 2. The maximum atomic E-state index is 11.5. The first-order valence-corrected chi connectivity index (χ1v) is 10.0. The van der Waals surface area contributed by atoms with Crippen LogP contribution in [0.5, 0.6) is 0 Å². The highest BCUT2D eigenvalue weighted by Gasteiger charge is 2.55. The van der Waals surface area contributed by atoms with Crippen molar-refractivity contribution in [2.24, 2.45) is 35.5 Å². The maximum absolute atomic E-state index is 11.5. The van der Waals surface area contributed by atoms with Gasteiger partial charge in [0.15, 0.2) is 0 Å². The van der Waals surface area contributed by atoms with Crippen LogP contribution in [-0.4, -0.2) is 25.2 Å². The van der Waals surface area contributed by atoms with Gasteiger partial charge in [0.25, 0.3) is 0 Å². The molecule has 3 aliphatic carbocycles. The Morgan fingerprint density at radius 3 is 2.00 bits per heavy atom. The lowest BCUT2D eigenvalue weighted by molar-refractivity contribution is -0.140. The van der Waals surface area contributed by atoms with Gasteiger partial charge >= 0.3 is 11.9 Å². The van der Waals surface area contributed by atoms with Crippen LogP contribution in [0.25, 0.3) is 0 Å². The van der Waals surface area contributed by atoms with E-state index in [0.717, 1.165) is 36.5 Å². The normalized spacial score (nSPS) is 34.4. The summed E-state index contributed by atoms with van der Waals surface area (Å²) in [6, 6.07) is 0. The van der Waals surface area contributed by atoms with Crippen LogP contribution < -0.4 is 0 Å². The van der Waals surface area contributed by atoms with Crippen molar-refractivity contribution in [3.8, 4) is 0 Å². The topological polar surface area (TPSA) is 52.6 Å². The minimum atomic E-state index is -0.271. The fourth-order valence-corrected chi connectivity index (χ4v) is 5.76. The SMILES string of the molecule is C=C(C)C(=O)OCCC1CC2C(C1)[C@H]1C[C@@H]2CC1CCOC(=O)C(=C)C. The largest absolute Gasteiger partial charge is 0.462 e. The Bertz CT molecular complexity index is 593. The van der Waals surface area contributed by atoms with Crippen LogP contribution >= 0.6 is 0 Å². The van der Waals surface area contributed by atoms with E-state index in [1.54, 1.807) is 13.8 Å². The van der Waals surface area contributed by atoms with E-state index < -0.39 is 0 Å². The summed E-state index contributed by atoms with van der Waals surface area (Å²) in [6.45, 7) is 11.7. The molecule has 0 aromatic rings. The van der Waals surface area contributed by atoms with Crippen molar-refractivity contribution in [1.29, 1.82) is 0 Å². The van der Waals surface area contributed by atoms with Gasteiger partial charge in [0.05, 0.1) is 13.2 Å². The van der Waals surface area contributed by atoms with E-state index >= 15 is 0 Å². The number of hydrogen-bond donors (Lipinski definition) is 0. The predicted octanol–water partition coefficient (Wildman–Crippen LogP) is 4.30. The van der Waals surface area contributed by atoms with Gasteiger partial charge in [-0.15, -0.1) is 0 Å². The quantitative estimate of drug-likeness (QED) is 0.478. The first-order valence-electron chi connectivity index (χ1n) is 10.0. The van der Waals surface area contributed by atoms with E-state index in [9.17, 15) is 9.59 Å². The second kappa shape index (κ2) is 7.98. The van der Waals surface area contributed by atoms with Gasteiger partial charge in [-0.25, -0.2) is 9.59 Å². The standard InChI is InChI=1S/C22H32O4/c1-13(2)21(23)25-7-5-15-9-18-17-11-16(19(12-17)20(18)10-15)6-8-26-22(24)14(3)4/h15-20H,1,3,5-12H2,2,4H3/t15?,16?,17-,18?,19-,20?/m0/s1. The first-order chi connectivity index (χ1) is 12.4. The molecule has 0 aromatic heterocycles. The third-order valence-corrected chi connectivity index (χ3v) is 6.88. The van der Waals surface area contributed by atoms with Crippen molar-refractivity contribution < 1.29 is 19.1 Å². The van der Waals surface area contributed by atoms with Crippen LogP contribution in [0.15, 0.2) is 24.3 Å². The van der Waals surface area contributed by atoms with Crippen molar-refractivity contribution in [3.63, 3.8) is 0 Å². The number of fused-ring (bicyclic) bond motifs is 5. The second-order valence-electron chi connectivity index (χ2n) is 8.73. The van der Waals surface area contributed by atoms with Crippen molar-refractivity contribution in [1.82, 2.24) is 0 Å². The number of carbonyl (C=O) groups excluding carboxylic acids is 2. The molecule has 0 aromatic carbocycles. The highest BCUT2D eigenvalue weighted by molar-refractivity contribution is 5.87. The number of rotatable bonds is 8. The maximum Gasteiger partial charge on any atom is 0.333 e. The molecule has 0 aliphatic heterocycles. The summed E-state index contributed by atoms with van der Waals surface area (Å²) < 4.78 is 10.6. The van der Waals surface area contributed by atoms with Crippen molar-refractivity contribution in [3.05, 3.63) is 24.3 Å². The molecule has 144 valence electrons. The third-order valence-electron chi connectivity index (χ3n) is 6.88. The number of ether oxygens (including phenoxy) is 2. The fraction of sp³-hybridized carbons (Fsp3) is 0.727. The number of carbonyl (C=O) groups is 2. The molecule has 4 unspecified atom stereocenters. The zero-order valence-electron chi connectivity index (χ0n) is 16.2. The summed E-state index contributed by atoms with van der Waals surface area (Å²) in [5.41, 5.74) is 0.950. The molecule has 0 spiro atoms. The van der Waals surface area contributed by atoms with Crippen LogP contribution in [0.2, 0.25) is 0 Å². The molecule has 2 bridgehead atoms. The smallest absolute Gasteiger partial charge is 0.333 e. The lowest BCUT2D eigenvalue weighted by Gasteiger charge is -2.31. The lowest BCUT2D eigenvalue weighted by Crippen LogP contribution is -2.25. The Hall–Kier alpha value is -1.58. The van der Waals surface area contributed by atoms with Gasteiger partial charge in [0.2, 0.25) is 0 Å². The molecule has 6 atom stereocenters. The lowest BCUT2D eigenvalue weighted by atomic mass is 9.75. The van der Waals surface area contributed by atoms with E-state index in [-0.39, 0.29) is 11.9 Å². The Balaban J connectivity index is 1.42. The van der Waals surface area contributed by atoms with Gasteiger partial charge in [0.1, 0.15) is 0 Å². The van der Waals surface area contributed by atoms with Crippen LogP contribution in [0.4, 0.5) is 0 Å². The summed E-state index contributed by atoms with van der Waals surface area (Å²) in [4.78, 5) is 23.0. The average Bonchev–Trinajstić information content (AvgIpc) is 3.25. The Morgan fingerprint density at radius 2 is 1.38 bits per heavy atom. The van der Waals surface area contributed by atoms with Gasteiger partial charge in [-0.1, -0.05) is 13.2 Å². The molecular formula is C22H32O4. The van der Waals surface area contributed by atoms with Gasteiger partial charge in [0, 0.05) is 11.1 Å². The molecule has 3 saturated carbocycles. The zero-order chi connectivity index (χ0) is 18.8. The molecule has 3 aliphatic rings. The molecule has 4 nitrogen and oxygen atoms in total. The minimum Gasteiger partial charge on any atom is -0.462 e. The molecule has 3 fully saturated rings. The highest BCUT2D eigenvalue weighted by atomic mass is 16.5. The monoisotopic (exact) mass is 360 g/mol. The van der Waals surface area contributed by atoms with Crippen LogP contribution in [0.3, 0.4) is 0 Å². The summed E-state index contributed by atoms with van der Waals surface area (Å²) in [5, 5.41) is 0. The van der Waals surface area contributed by atoms with Crippen LogP contribution in [0.1, 0.15) is 52.4 Å².